The first-order chi connectivity index (χ1) is 16.0. The summed E-state index contributed by atoms with van der Waals surface area (Å²) in [4.78, 5) is 29.2. The van der Waals surface area contributed by atoms with Crippen LogP contribution in [0, 0.1) is 0 Å². The number of carbonyl (C=O) groups is 2. The number of benzene rings is 2. The lowest BCUT2D eigenvalue weighted by Gasteiger charge is -2.19. The molecule has 0 saturated heterocycles. The maximum Gasteiger partial charge on any atom is 0.231 e. The molecule has 2 aromatic carbocycles. The van der Waals surface area contributed by atoms with Crippen molar-refractivity contribution < 1.29 is 19.1 Å². The highest BCUT2D eigenvalue weighted by Gasteiger charge is 2.20. The minimum atomic E-state index is -0.542. The molecule has 1 aromatic heterocycles. The average Bonchev–Trinajstić information content (AvgIpc) is 3.25. The van der Waals surface area contributed by atoms with Crippen LogP contribution >= 0.6 is 11.8 Å². The van der Waals surface area contributed by atoms with E-state index < -0.39 is 6.04 Å². The Morgan fingerprint density at radius 1 is 1.12 bits per heavy atom. The number of hydrogen-bond acceptors (Lipinski definition) is 6. The smallest absolute Gasteiger partial charge is 0.231 e. The Morgan fingerprint density at radius 3 is 2.61 bits per heavy atom. The van der Waals surface area contributed by atoms with Gasteiger partial charge in [-0.3, -0.25) is 9.59 Å². The summed E-state index contributed by atoms with van der Waals surface area (Å²) in [5.74, 6) is 1.39. The number of nitrogens with one attached hydrogen (secondary N) is 1. The number of rotatable bonds is 9. The highest BCUT2D eigenvalue weighted by atomic mass is 32.2. The Balaban J connectivity index is 1.41. The van der Waals surface area contributed by atoms with Crippen molar-refractivity contribution in [3.8, 4) is 22.8 Å². The summed E-state index contributed by atoms with van der Waals surface area (Å²) in [7, 11) is 0. The van der Waals surface area contributed by atoms with Crippen molar-refractivity contribution in [1.82, 2.24) is 14.9 Å². The quantitative estimate of drug-likeness (QED) is 0.485. The fourth-order valence-corrected chi connectivity index (χ4v) is 4.58. The number of ether oxygens (including phenoxy) is 2. The minimum Gasteiger partial charge on any atom is -0.486 e. The predicted molar refractivity (Wildman–Crippen MR) is 128 cm³/mol. The van der Waals surface area contributed by atoms with Crippen LogP contribution in [-0.4, -0.2) is 46.2 Å². The van der Waals surface area contributed by atoms with Crippen LogP contribution in [-0.2, 0) is 22.6 Å². The number of Topliss-reactive ketones (excluding diaryl/α,β-unsaturated/α-hetero) is 1. The van der Waals surface area contributed by atoms with Gasteiger partial charge in [0.25, 0.3) is 0 Å². The van der Waals surface area contributed by atoms with Crippen LogP contribution in [0.5, 0.6) is 11.5 Å². The predicted octanol–water partition coefficient (Wildman–Crippen LogP) is 3.75. The maximum atomic E-state index is 12.6. The van der Waals surface area contributed by atoms with Crippen LogP contribution in [0.15, 0.2) is 59.9 Å². The molecular formula is C25H27N3O4S. The Kier molecular flexibility index (Phi) is 7.34. The molecule has 1 N–H and O–H groups in total. The molecule has 0 aliphatic carbocycles. The minimum absolute atomic E-state index is 0.0619. The molecule has 4 rings (SSSR count). The summed E-state index contributed by atoms with van der Waals surface area (Å²) in [6.07, 6.45) is 2.29. The van der Waals surface area contributed by atoms with Gasteiger partial charge in [0.1, 0.15) is 13.2 Å². The number of thioether (sulfide) groups is 1. The SMILES string of the molecule is CCn1c(-c2ccc3c(c2)OCCO3)cnc1SCC(=O)N[C@@H](Cc1ccccc1)C(C)=O. The van der Waals surface area contributed by atoms with E-state index in [1.54, 1.807) is 0 Å². The lowest BCUT2D eigenvalue weighted by atomic mass is 10.0. The third kappa shape index (κ3) is 5.57. The van der Waals surface area contributed by atoms with Gasteiger partial charge in [0.2, 0.25) is 5.91 Å². The molecule has 1 aliphatic heterocycles. The molecule has 0 saturated carbocycles. The van der Waals surface area contributed by atoms with Crippen molar-refractivity contribution in [2.24, 2.45) is 0 Å². The number of ketones is 1. The van der Waals surface area contributed by atoms with E-state index in [1.165, 1.54) is 18.7 Å². The van der Waals surface area contributed by atoms with E-state index in [9.17, 15) is 9.59 Å². The maximum absolute atomic E-state index is 12.6. The van der Waals surface area contributed by atoms with E-state index in [1.807, 2.05) is 61.7 Å². The van der Waals surface area contributed by atoms with Gasteiger partial charge in [-0.2, -0.15) is 0 Å². The molecule has 1 atom stereocenters. The molecule has 0 unspecified atom stereocenters. The molecular weight excluding hydrogens is 438 g/mol. The highest BCUT2D eigenvalue weighted by Crippen LogP contribution is 2.35. The summed E-state index contributed by atoms with van der Waals surface area (Å²) in [6, 6.07) is 15.0. The van der Waals surface area contributed by atoms with Crippen LogP contribution in [0.3, 0.4) is 0 Å². The molecule has 1 aliphatic rings. The number of amides is 1. The van der Waals surface area contributed by atoms with Crippen LogP contribution in [0.4, 0.5) is 0 Å². The zero-order valence-electron chi connectivity index (χ0n) is 18.7. The second-order valence-electron chi connectivity index (χ2n) is 7.74. The third-order valence-corrected chi connectivity index (χ3v) is 6.40. The van der Waals surface area contributed by atoms with Gasteiger partial charge in [0, 0.05) is 12.1 Å². The van der Waals surface area contributed by atoms with Crippen molar-refractivity contribution in [2.45, 2.75) is 38.0 Å². The summed E-state index contributed by atoms with van der Waals surface area (Å²) in [5.41, 5.74) is 2.93. The van der Waals surface area contributed by atoms with Crippen LogP contribution in [0.2, 0.25) is 0 Å². The highest BCUT2D eigenvalue weighted by molar-refractivity contribution is 7.99. The van der Waals surface area contributed by atoms with Crippen molar-refractivity contribution >= 4 is 23.5 Å². The fraction of sp³-hybridized carbons (Fsp3) is 0.320. The number of hydrogen-bond donors (Lipinski definition) is 1. The second kappa shape index (κ2) is 10.6. The van der Waals surface area contributed by atoms with E-state index in [2.05, 4.69) is 14.9 Å². The van der Waals surface area contributed by atoms with Gasteiger partial charge in [-0.15, -0.1) is 0 Å². The lowest BCUT2D eigenvalue weighted by molar-refractivity contribution is -0.125. The third-order valence-electron chi connectivity index (χ3n) is 5.41. The fourth-order valence-electron chi connectivity index (χ4n) is 3.72. The molecule has 1 amide bonds. The molecule has 0 radical (unpaired) electrons. The first-order valence-corrected chi connectivity index (χ1v) is 12.0. The van der Waals surface area contributed by atoms with Gasteiger partial charge in [-0.1, -0.05) is 42.1 Å². The first kappa shape index (κ1) is 22.9. The van der Waals surface area contributed by atoms with Gasteiger partial charge in [0.15, 0.2) is 22.4 Å². The van der Waals surface area contributed by atoms with Gasteiger partial charge >= 0.3 is 0 Å². The average molecular weight is 466 g/mol. The Hall–Kier alpha value is -3.26. The molecule has 7 nitrogen and oxygen atoms in total. The summed E-state index contributed by atoms with van der Waals surface area (Å²) in [5, 5.41) is 3.62. The standard InChI is InChI=1S/C25H27N3O4S/c1-3-28-21(19-9-10-22-23(14-19)32-12-11-31-22)15-26-25(28)33-16-24(30)27-20(17(2)29)13-18-7-5-4-6-8-18/h4-10,14-15,20H,3,11-13,16H2,1-2H3,(H,27,30)/t20-/m0/s1. The van der Waals surface area contributed by atoms with Crippen molar-refractivity contribution in [3.05, 3.63) is 60.3 Å². The van der Waals surface area contributed by atoms with Crippen LogP contribution < -0.4 is 14.8 Å². The van der Waals surface area contributed by atoms with Crippen LogP contribution in [0.1, 0.15) is 19.4 Å². The number of aromatic nitrogens is 2. The van der Waals surface area contributed by atoms with Gasteiger partial charge in [-0.25, -0.2) is 4.98 Å². The van der Waals surface area contributed by atoms with Crippen LogP contribution in [0.25, 0.3) is 11.3 Å². The Labute approximate surface area is 197 Å². The number of fused-ring (bicyclic) bond motifs is 1. The molecule has 8 heteroatoms. The summed E-state index contributed by atoms with van der Waals surface area (Å²) < 4.78 is 13.4. The lowest BCUT2D eigenvalue weighted by Crippen LogP contribution is -2.42. The van der Waals surface area contributed by atoms with E-state index in [4.69, 9.17) is 9.47 Å². The molecule has 0 fully saturated rings. The molecule has 0 spiro atoms. The summed E-state index contributed by atoms with van der Waals surface area (Å²) in [6.45, 7) is 5.34. The normalized spacial score (nSPS) is 13.4. The molecule has 3 aromatic rings. The van der Waals surface area contributed by atoms with Crippen molar-refractivity contribution in [3.63, 3.8) is 0 Å². The first-order valence-electron chi connectivity index (χ1n) is 11.0. The zero-order chi connectivity index (χ0) is 23.2. The number of imidazole rings is 1. The van der Waals surface area contributed by atoms with E-state index >= 15 is 0 Å². The van der Waals surface area contributed by atoms with Crippen molar-refractivity contribution in [1.29, 1.82) is 0 Å². The second-order valence-corrected chi connectivity index (χ2v) is 8.68. The van der Waals surface area contributed by atoms with Gasteiger partial charge in [-0.05, 0) is 44.0 Å². The van der Waals surface area contributed by atoms with E-state index in [-0.39, 0.29) is 17.4 Å². The molecule has 2 heterocycles. The van der Waals surface area contributed by atoms with Gasteiger partial charge < -0.3 is 19.4 Å². The Morgan fingerprint density at radius 2 is 1.88 bits per heavy atom. The van der Waals surface area contributed by atoms with Crippen molar-refractivity contribution in [2.75, 3.05) is 19.0 Å². The zero-order valence-corrected chi connectivity index (χ0v) is 19.6. The largest absolute Gasteiger partial charge is 0.486 e. The number of nitrogens with zero attached hydrogens (tertiary/aromatic N) is 2. The van der Waals surface area contributed by atoms with Gasteiger partial charge in [0.05, 0.1) is 23.7 Å². The molecule has 33 heavy (non-hydrogen) atoms. The molecule has 0 bridgehead atoms. The molecule has 172 valence electrons. The monoisotopic (exact) mass is 465 g/mol. The Bertz CT molecular complexity index is 1130. The van der Waals surface area contributed by atoms with E-state index in [0.29, 0.717) is 26.2 Å². The van der Waals surface area contributed by atoms with E-state index in [0.717, 1.165) is 33.5 Å². The topological polar surface area (TPSA) is 82.4 Å². The summed E-state index contributed by atoms with van der Waals surface area (Å²) >= 11 is 1.36. The number of carbonyl (C=O) groups excluding carboxylic acids is 2.